The van der Waals surface area contributed by atoms with Gasteiger partial charge >= 0.3 is 0 Å². The predicted molar refractivity (Wildman–Crippen MR) is 137 cm³/mol. The summed E-state index contributed by atoms with van der Waals surface area (Å²) in [7, 11) is -3.65. The number of nitrogens with zero attached hydrogens (tertiary/aromatic N) is 1. The topological polar surface area (TPSA) is 49.4 Å². The summed E-state index contributed by atoms with van der Waals surface area (Å²) in [4.78, 5) is 2.42. The molecule has 0 aliphatic carbocycles. The van der Waals surface area contributed by atoms with Crippen molar-refractivity contribution in [3.05, 3.63) is 92.4 Å². The molecule has 9 heteroatoms. The minimum absolute atomic E-state index is 0.0386. The third-order valence-corrected chi connectivity index (χ3v) is 8.30. The zero-order chi connectivity index (χ0) is 23.6. The monoisotopic (exact) mass is 542 g/mol. The molecule has 4 nitrogen and oxygen atoms in total. The van der Waals surface area contributed by atoms with Crippen molar-refractivity contribution in [3.63, 3.8) is 0 Å². The van der Waals surface area contributed by atoms with E-state index in [0.29, 0.717) is 33.2 Å². The summed E-state index contributed by atoms with van der Waals surface area (Å²) >= 11 is 24.7. The van der Waals surface area contributed by atoms with Crippen LogP contribution < -0.4 is 9.62 Å². The van der Waals surface area contributed by atoms with E-state index < -0.39 is 10.0 Å². The highest BCUT2D eigenvalue weighted by Crippen LogP contribution is 2.40. The molecule has 0 radical (unpaired) electrons. The minimum atomic E-state index is -3.65. The Morgan fingerprint density at radius 3 is 2.24 bits per heavy atom. The Labute approximate surface area is 214 Å². The molecule has 0 amide bonds. The SMILES string of the molecule is O=S(=O)(NCC1CCC(c2ccc(Cl)cc2Cl)N(c2ccc(Cl)cc2)C1)c1cccc(Cl)c1. The molecule has 1 saturated heterocycles. The maximum Gasteiger partial charge on any atom is 0.240 e. The van der Waals surface area contributed by atoms with Gasteiger partial charge in [0.15, 0.2) is 0 Å². The Balaban J connectivity index is 1.55. The molecule has 0 aromatic heterocycles. The molecule has 1 aliphatic heterocycles. The highest BCUT2D eigenvalue weighted by Gasteiger charge is 2.31. The van der Waals surface area contributed by atoms with Crippen molar-refractivity contribution >= 4 is 62.1 Å². The summed E-state index contributed by atoms with van der Waals surface area (Å²) in [5, 5.41) is 2.24. The molecule has 2 unspecified atom stereocenters. The van der Waals surface area contributed by atoms with Gasteiger partial charge in [-0.15, -0.1) is 0 Å². The van der Waals surface area contributed by atoms with Gasteiger partial charge < -0.3 is 4.90 Å². The van der Waals surface area contributed by atoms with Crippen LogP contribution in [-0.4, -0.2) is 21.5 Å². The normalized spacial score (nSPS) is 19.0. The Morgan fingerprint density at radius 1 is 0.848 bits per heavy atom. The smallest absolute Gasteiger partial charge is 0.240 e. The molecule has 0 bridgehead atoms. The maximum absolute atomic E-state index is 12.8. The lowest BCUT2D eigenvalue weighted by Crippen LogP contribution is -2.42. The zero-order valence-electron chi connectivity index (χ0n) is 17.5. The van der Waals surface area contributed by atoms with Gasteiger partial charge in [-0.1, -0.05) is 58.5 Å². The number of halogens is 4. The average Bonchev–Trinajstić information content (AvgIpc) is 2.78. The predicted octanol–water partition coefficient (Wildman–Crippen LogP) is 7.24. The number of anilines is 1. The molecule has 1 aliphatic rings. The molecule has 3 aromatic carbocycles. The van der Waals surface area contributed by atoms with E-state index in [1.807, 2.05) is 36.4 Å². The van der Waals surface area contributed by atoms with Crippen LogP contribution >= 0.6 is 46.4 Å². The lowest BCUT2D eigenvalue weighted by Gasteiger charge is -2.42. The number of sulfonamides is 1. The summed E-state index contributed by atoms with van der Waals surface area (Å²) in [6, 6.07) is 19.5. The zero-order valence-corrected chi connectivity index (χ0v) is 21.4. The van der Waals surface area contributed by atoms with Crippen molar-refractivity contribution in [2.24, 2.45) is 5.92 Å². The van der Waals surface area contributed by atoms with Crippen LogP contribution in [-0.2, 0) is 10.0 Å². The van der Waals surface area contributed by atoms with Crippen LogP contribution in [0.2, 0.25) is 20.1 Å². The van der Waals surface area contributed by atoms with Crippen LogP contribution in [0.15, 0.2) is 71.6 Å². The third kappa shape index (κ3) is 5.97. The van der Waals surface area contributed by atoms with Crippen molar-refractivity contribution in [1.82, 2.24) is 4.72 Å². The number of rotatable bonds is 6. The fraction of sp³-hybridized carbons (Fsp3) is 0.250. The summed E-state index contributed by atoms with van der Waals surface area (Å²) in [6.45, 7) is 0.976. The number of nitrogens with one attached hydrogen (secondary N) is 1. The van der Waals surface area contributed by atoms with Gasteiger partial charge in [0.2, 0.25) is 10.0 Å². The van der Waals surface area contributed by atoms with Crippen molar-refractivity contribution in [1.29, 1.82) is 0 Å². The van der Waals surface area contributed by atoms with Crippen molar-refractivity contribution in [3.8, 4) is 0 Å². The highest BCUT2D eigenvalue weighted by molar-refractivity contribution is 7.89. The second-order valence-electron chi connectivity index (χ2n) is 8.06. The molecule has 33 heavy (non-hydrogen) atoms. The highest BCUT2D eigenvalue weighted by atomic mass is 35.5. The van der Waals surface area contributed by atoms with Crippen LogP contribution in [0, 0.1) is 5.92 Å². The first kappa shape index (κ1) is 24.6. The third-order valence-electron chi connectivity index (χ3n) is 5.83. The fourth-order valence-corrected chi connectivity index (χ4v) is 6.25. The van der Waals surface area contributed by atoms with Gasteiger partial charge in [0.1, 0.15) is 0 Å². The molecular weight excluding hydrogens is 522 g/mol. The van der Waals surface area contributed by atoms with Crippen LogP contribution in [0.5, 0.6) is 0 Å². The van der Waals surface area contributed by atoms with E-state index in [2.05, 4.69) is 9.62 Å². The number of hydrogen-bond acceptors (Lipinski definition) is 3. The number of benzene rings is 3. The maximum atomic E-state index is 12.8. The summed E-state index contributed by atoms with van der Waals surface area (Å²) in [5.74, 6) is 0.108. The lowest BCUT2D eigenvalue weighted by molar-refractivity contribution is 0.358. The number of hydrogen-bond donors (Lipinski definition) is 1. The van der Waals surface area contributed by atoms with Gasteiger partial charge in [-0.2, -0.15) is 0 Å². The van der Waals surface area contributed by atoms with Gasteiger partial charge in [0.05, 0.1) is 10.9 Å². The fourth-order valence-electron chi connectivity index (χ4n) is 4.17. The van der Waals surface area contributed by atoms with Crippen molar-refractivity contribution in [2.75, 3.05) is 18.0 Å². The Kier molecular flexibility index (Phi) is 7.79. The Morgan fingerprint density at radius 2 is 1.55 bits per heavy atom. The van der Waals surface area contributed by atoms with Gasteiger partial charge in [0, 0.05) is 38.9 Å². The second-order valence-corrected chi connectivity index (χ2v) is 11.5. The van der Waals surface area contributed by atoms with Gasteiger partial charge in [0.25, 0.3) is 0 Å². The standard InChI is InChI=1S/C24H22Cl4N2O2S/c25-17-5-8-20(9-6-17)30-15-16(4-11-24(30)22-10-7-19(27)13-23(22)28)14-29-33(31,32)21-3-1-2-18(26)12-21/h1-3,5-10,12-13,16,24,29H,4,11,14-15H2. The molecule has 0 spiro atoms. The summed E-state index contributed by atoms with van der Waals surface area (Å²) < 4.78 is 28.3. The Hall–Kier alpha value is -1.47. The quantitative estimate of drug-likeness (QED) is 0.356. The molecule has 2 atom stereocenters. The molecule has 1 fully saturated rings. The van der Waals surface area contributed by atoms with Gasteiger partial charge in [-0.3, -0.25) is 0 Å². The van der Waals surface area contributed by atoms with E-state index in [4.69, 9.17) is 46.4 Å². The first-order valence-corrected chi connectivity index (χ1v) is 13.4. The molecule has 3 aromatic rings. The first-order valence-electron chi connectivity index (χ1n) is 10.5. The average molecular weight is 544 g/mol. The molecule has 1 N–H and O–H groups in total. The number of piperidine rings is 1. The summed E-state index contributed by atoms with van der Waals surface area (Å²) in [6.07, 6.45) is 1.65. The molecular formula is C24H22Cl4N2O2S. The summed E-state index contributed by atoms with van der Waals surface area (Å²) in [5.41, 5.74) is 1.99. The van der Waals surface area contributed by atoms with E-state index in [1.165, 1.54) is 12.1 Å². The van der Waals surface area contributed by atoms with Crippen LogP contribution in [0.4, 0.5) is 5.69 Å². The van der Waals surface area contributed by atoms with Gasteiger partial charge in [-0.25, -0.2) is 13.1 Å². The lowest BCUT2D eigenvalue weighted by atomic mass is 9.88. The Bertz CT molecular complexity index is 1240. The second kappa shape index (κ2) is 10.4. The molecule has 0 saturated carbocycles. The van der Waals surface area contributed by atoms with E-state index >= 15 is 0 Å². The van der Waals surface area contributed by atoms with Crippen molar-refractivity contribution in [2.45, 2.75) is 23.8 Å². The van der Waals surface area contributed by atoms with E-state index in [9.17, 15) is 8.42 Å². The first-order chi connectivity index (χ1) is 15.7. The van der Waals surface area contributed by atoms with Crippen molar-refractivity contribution < 1.29 is 8.42 Å². The van der Waals surface area contributed by atoms with Crippen LogP contribution in [0.3, 0.4) is 0 Å². The van der Waals surface area contributed by atoms with E-state index in [1.54, 1.807) is 18.2 Å². The van der Waals surface area contributed by atoms with E-state index in [0.717, 1.165) is 24.1 Å². The molecule has 1 heterocycles. The largest absolute Gasteiger partial charge is 0.364 e. The van der Waals surface area contributed by atoms with Crippen LogP contribution in [0.1, 0.15) is 24.4 Å². The van der Waals surface area contributed by atoms with Crippen LogP contribution in [0.25, 0.3) is 0 Å². The molecule has 4 rings (SSSR count). The van der Waals surface area contributed by atoms with E-state index in [-0.39, 0.29) is 16.9 Å². The minimum Gasteiger partial charge on any atom is -0.364 e. The van der Waals surface area contributed by atoms with Gasteiger partial charge in [-0.05, 0) is 78.9 Å². The molecule has 174 valence electrons.